The maximum Gasteiger partial charge on any atom is 0.228 e. The number of hydrogen-bond acceptors (Lipinski definition) is 2. The molecule has 78 valence electrons. The van der Waals surface area contributed by atoms with Gasteiger partial charge in [-0.25, -0.2) is 0 Å². The molecule has 0 spiro atoms. The maximum atomic E-state index is 11.4. The molecule has 0 aliphatic carbocycles. The van der Waals surface area contributed by atoms with Gasteiger partial charge < -0.3 is 5.11 Å². The first-order valence-electron chi connectivity index (χ1n) is 4.56. The fourth-order valence-electron chi connectivity index (χ4n) is 1.75. The van der Waals surface area contributed by atoms with Crippen molar-refractivity contribution in [2.24, 2.45) is 0 Å². The quantitative estimate of drug-likeness (QED) is 0.807. The summed E-state index contributed by atoms with van der Waals surface area (Å²) in [6.45, 7) is 1.20. The Morgan fingerprint density at radius 3 is 2.73 bits per heavy atom. The molecule has 0 bridgehead atoms. The van der Waals surface area contributed by atoms with Crippen LogP contribution in [0.3, 0.4) is 0 Å². The number of aliphatic hydroxyl groups excluding tert-OH is 1. The van der Waals surface area contributed by atoms with Crippen molar-refractivity contribution in [1.29, 1.82) is 0 Å². The lowest BCUT2D eigenvalue weighted by Gasteiger charge is -2.03. The van der Waals surface area contributed by atoms with E-state index in [0.29, 0.717) is 10.7 Å². The molecule has 0 aliphatic rings. The zero-order valence-corrected chi connectivity index (χ0v) is 8.95. The number of para-hydroxylation sites is 1. The highest BCUT2D eigenvalue weighted by atomic mass is 35.5. The van der Waals surface area contributed by atoms with Crippen LogP contribution < -0.4 is 0 Å². The molecular formula is C11H10ClNO2. The molecule has 2 rings (SSSR count). The van der Waals surface area contributed by atoms with Crippen molar-refractivity contribution in [3.05, 3.63) is 35.0 Å². The minimum absolute atomic E-state index is 0.151. The van der Waals surface area contributed by atoms with Gasteiger partial charge in [-0.2, -0.15) is 0 Å². The standard InChI is InChI=1S/C11H10ClNO2/c1-7(15)13-9-5-3-2-4-8(9)11(12)10(13)6-14/h2-5,14H,6H2,1H3. The van der Waals surface area contributed by atoms with Gasteiger partial charge in [0.2, 0.25) is 5.91 Å². The summed E-state index contributed by atoms with van der Waals surface area (Å²) in [6, 6.07) is 7.32. The molecule has 1 aromatic carbocycles. The van der Waals surface area contributed by atoms with Crippen LogP contribution in [-0.2, 0) is 6.61 Å². The summed E-state index contributed by atoms with van der Waals surface area (Å²) in [6.07, 6.45) is 0. The van der Waals surface area contributed by atoms with Crippen molar-refractivity contribution in [3.8, 4) is 0 Å². The van der Waals surface area contributed by atoms with Gasteiger partial charge in [-0.3, -0.25) is 9.36 Å². The van der Waals surface area contributed by atoms with Gasteiger partial charge in [0.25, 0.3) is 0 Å². The summed E-state index contributed by atoms with van der Waals surface area (Å²) in [7, 11) is 0. The van der Waals surface area contributed by atoms with Gasteiger partial charge >= 0.3 is 0 Å². The molecule has 2 aromatic rings. The summed E-state index contributed by atoms with van der Waals surface area (Å²) < 4.78 is 1.44. The highest BCUT2D eigenvalue weighted by Crippen LogP contribution is 2.30. The van der Waals surface area contributed by atoms with E-state index in [2.05, 4.69) is 0 Å². The largest absolute Gasteiger partial charge is 0.390 e. The molecule has 0 saturated carbocycles. The number of hydrogen-bond donors (Lipinski definition) is 1. The average molecular weight is 224 g/mol. The lowest BCUT2D eigenvalue weighted by molar-refractivity contribution is 0.0933. The van der Waals surface area contributed by atoms with Crippen molar-refractivity contribution in [2.75, 3.05) is 0 Å². The van der Waals surface area contributed by atoms with Crippen LogP contribution in [0.5, 0.6) is 0 Å². The molecule has 0 amide bonds. The predicted molar refractivity (Wildman–Crippen MR) is 59.2 cm³/mol. The first kappa shape index (κ1) is 10.2. The number of nitrogens with zero attached hydrogens (tertiary/aromatic N) is 1. The van der Waals surface area contributed by atoms with Gasteiger partial charge in [0.15, 0.2) is 0 Å². The Bertz CT molecular complexity index is 531. The molecule has 15 heavy (non-hydrogen) atoms. The lowest BCUT2D eigenvalue weighted by atomic mass is 10.2. The molecule has 1 N–H and O–H groups in total. The van der Waals surface area contributed by atoms with E-state index in [1.807, 2.05) is 24.3 Å². The second-order valence-corrected chi connectivity index (χ2v) is 3.67. The minimum atomic E-state index is -0.243. The molecule has 0 fully saturated rings. The third kappa shape index (κ3) is 1.44. The molecule has 3 nitrogen and oxygen atoms in total. The zero-order chi connectivity index (χ0) is 11.0. The zero-order valence-electron chi connectivity index (χ0n) is 8.20. The predicted octanol–water partition coefficient (Wildman–Crippen LogP) is 2.45. The summed E-state index contributed by atoms with van der Waals surface area (Å²) >= 11 is 6.07. The number of aliphatic hydroxyl groups is 1. The maximum absolute atomic E-state index is 11.4. The highest BCUT2D eigenvalue weighted by Gasteiger charge is 2.16. The number of aromatic nitrogens is 1. The van der Waals surface area contributed by atoms with Crippen molar-refractivity contribution in [3.63, 3.8) is 0 Å². The molecule has 0 radical (unpaired) electrons. The van der Waals surface area contributed by atoms with Crippen LogP contribution in [-0.4, -0.2) is 15.6 Å². The van der Waals surface area contributed by atoms with Gasteiger partial charge in [0.1, 0.15) is 0 Å². The van der Waals surface area contributed by atoms with Gasteiger partial charge in [-0.05, 0) is 6.07 Å². The Morgan fingerprint density at radius 2 is 2.13 bits per heavy atom. The van der Waals surface area contributed by atoms with Gasteiger partial charge in [0, 0.05) is 12.3 Å². The third-order valence-electron chi connectivity index (χ3n) is 2.37. The van der Waals surface area contributed by atoms with Crippen LogP contribution in [0.25, 0.3) is 10.9 Å². The summed E-state index contributed by atoms with van der Waals surface area (Å²) in [4.78, 5) is 11.4. The topological polar surface area (TPSA) is 42.2 Å². The highest BCUT2D eigenvalue weighted by molar-refractivity contribution is 6.36. The van der Waals surface area contributed by atoms with Gasteiger partial charge in [0.05, 0.1) is 22.8 Å². The SMILES string of the molecule is CC(=O)n1c(CO)c(Cl)c2ccccc21. The van der Waals surface area contributed by atoms with E-state index >= 15 is 0 Å². The Morgan fingerprint density at radius 1 is 1.47 bits per heavy atom. The fraction of sp³-hybridized carbons (Fsp3) is 0.182. The number of rotatable bonds is 1. The monoisotopic (exact) mass is 223 g/mol. The second-order valence-electron chi connectivity index (χ2n) is 3.29. The molecule has 4 heteroatoms. The van der Waals surface area contributed by atoms with Crippen LogP contribution in [0.2, 0.25) is 5.02 Å². The first-order valence-corrected chi connectivity index (χ1v) is 4.94. The fourth-order valence-corrected chi connectivity index (χ4v) is 2.06. The molecule has 0 atom stereocenters. The lowest BCUT2D eigenvalue weighted by Crippen LogP contribution is -2.09. The van der Waals surface area contributed by atoms with E-state index in [1.165, 1.54) is 11.5 Å². The number of carbonyl (C=O) groups is 1. The van der Waals surface area contributed by atoms with E-state index < -0.39 is 0 Å². The number of benzene rings is 1. The molecular weight excluding hydrogens is 214 g/mol. The number of halogens is 1. The molecule has 0 saturated heterocycles. The van der Waals surface area contributed by atoms with E-state index in [1.54, 1.807) is 0 Å². The molecule has 1 aromatic heterocycles. The summed E-state index contributed by atoms with van der Waals surface area (Å²) in [5.41, 5.74) is 1.18. The van der Waals surface area contributed by atoms with Crippen molar-refractivity contribution >= 4 is 28.4 Å². The van der Waals surface area contributed by atoms with E-state index in [0.717, 1.165) is 10.9 Å². The smallest absolute Gasteiger partial charge is 0.228 e. The van der Waals surface area contributed by atoms with Crippen LogP contribution in [0.1, 0.15) is 17.4 Å². The first-order chi connectivity index (χ1) is 7.16. The van der Waals surface area contributed by atoms with Crippen LogP contribution in [0, 0.1) is 0 Å². The van der Waals surface area contributed by atoms with E-state index in [-0.39, 0.29) is 12.5 Å². The Kier molecular flexibility index (Phi) is 2.50. The van der Waals surface area contributed by atoms with Gasteiger partial charge in [-0.15, -0.1) is 0 Å². The summed E-state index contributed by atoms with van der Waals surface area (Å²) in [5, 5.41) is 10.4. The van der Waals surface area contributed by atoms with Gasteiger partial charge in [-0.1, -0.05) is 29.8 Å². The summed E-state index contributed by atoms with van der Waals surface area (Å²) in [5.74, 6) is -0.151. The minimum Gasteiger partial charge on any atom is -0.390 e. The number of fused-ring (bicyclic) bond motifs is 1. The van der Waals surface area contributed by atoms with Crippen LogP contribution in [0.4, 0.5) is 0 Å². The van der Waals surface area contributed by atoms with Crippen molar-refractivity contribution < 1.29 is 9.90 Å². The third-order valence-corrected chi connectivity index (χ3v) is 2.79. The number of carbonyl (C=O) groups excluding carboxylic acids is 1. The molecule has 0 aliphatic heterocycles. The molecule has 1 heterocycles. The van der Waals surface area contributed by atoms with Crippen molar-refractivity contribution in [2.45, 2.75) is 13.5 Å². The second kappa shape index (κ2) is 3.68. The molecule has 0 unspecified atom stereocenters. The average Bonchev–Trinajstić information content (AvgIpc) is 2.52. The Hall–Kier alpha value is -1.32. The Balaban J connectivity index is 2.91. The Labute approximate surface area is 91.9 Å². The van der Waals surface area contributed by atoms with E-state index in [9.17, 15) is 9.90 Å². The van der Waals surface area contributed by atoms with Crippen LogP contribution in [0.15, 0.2) is 24.3 Å². The van der Waals surface area contributed by atoms with E-state index in [4.69, 9.17) is 11.6 Å². The normalized spacial score (nSPS) is 10.9. The van der Waals surface area contributed by atoms with Crippen molar-refractivity contribution in [1.82, 2.24) is 4.57 Å². The van der Waals surface area contributed by atoms with Crippen LogP contribution >= 0.6 is 11.6 Å².